The van der Waals surface area contributed by atoms with Crippen LogP contribution in [0.2, 0.25) is 0 Å². The van der Waals surface area contributed by atoms with Crippen molar-refractivity contribution in [3.63, 3.8) is 0 Å². The highest BCUT2D eigenvalue weighted by molar-refractivity contribution is 6.51. The van der Waals surface area contributed by atoms with E-state index in [1.165, 1.54) is 12.1 Å². The molecule has 5 heteroatoms. The van der Waals surface area contributed by atoms with Crippen molar-refractivity contribution in [2.45, 2.75) is 0 Å². The highest BCUT2D eigenvalue weighted by atomic mass is 16.3. The number of allylic oxidation sites excluding steroid dienone is 4. The zero-order valence-electron chi connectivity index (χ0n) is 17.5. The minimum absolute atomic E-state index is 0.0111. The van der Waals surface area contributed by atoms with Gasteiger partial charge in [0.05, 0.1) is 0 Å². The van der Waals surface area contributed by atoms with Crippen LogP contribution in [0.15, 0.2) is 96.3 Å². The molecule has 4 rings (SSSR count). The largest absolute Gasteiger partial charge is 0.508 e. The van der Waals surface area contributed by atoms with E-state index in [4.69, 9.17) is 0 Å². The number of phenols is 2. The molecule has 3 aromatic carbocycles. The molecule has 0 bridgehead atoms. The van der Waals surface area contributed by atoms with Gasteiger partial charge in [-0.05, 0) is 28.8 Å². The molecule has 5 nitrogen and oxygen atoms in total. The maximum Gasteiger partial charge on any atom is 0.233 e. The van der Waals surface area contributed by atoms with E-state index in [-0.39, 0.29) is 28.2 Å². The number of benzene rings is 3. The van der Waals surface area contributed by atoms with Gasteiger partial charge in [0.2, 0.25) is 11.6 Å². The third kappa shape index (κ3) is 4.67. The van der Waals surface area contributed by atoms with Crippen LogP contribution in [-0.4, -0.2) is 26.9 Å². The molecule has 0 amide bonds. The van der Waals surface area contributed by atoms with Crippen molar-refractivity contribution in [1.82, 2.24) is 0 Å². The first-order valence-corrected chi connectivity index (χ1v) is 10.2. The standard InChI is InChI=1S/C28H20O5/c29-21-15-20(13-11-18-7-3-1-4-8-18)26(23(30)16-21)27-22(28(33)25(32)17-24(27)31)14-12-19-9-5-2-6-10-19/h1-17,29-31H/b13-11+,14-12+. The fraction of sp³-hybridized carbons (Fsp3) is 0. The molecule has 0 aliphatic heterocycles. The lowest BCUT2D eigenvalue weighted by Gasteiger charge is -2.19. The molecule has 3 aromatic rings. The number of carbonyl (C=O) groups excluding carboxylic acids is 2. The molecule has 1 aliphatic carbocycles. The van der Waals surface area contributed by atoms with Crippen LogP contribution in [0.25, 0.3) is 23.8 Å². The minimum Gasteiger partial charge on any atom is -0.508 e. The number of rotatable bonds is 5. The summed E-state index contributed by atoms with van der Waals surface area (Å²) in [5, 5.41) is 31.5. The quantitative estimate of drug-likeness (QED) is 0.286. The summed E-state index contributed by atoms with van der Waals surface area (Å²) < 4.78 is 0. The first-order valence-electron chi connectivity index (χ1n) is 10.2. The van der Waals surface area contributed by atoms with Gasteiger partial charge in [-0.25, -0.2) is 0 Å². The number of hydrogen-bond acceptors (Lipinski definition) is 5. The first-order chi connectivity index (χ1) is 15.9. The van der Waals surface area contributed by atoms with Crippen molar-refractivity contribution >= 4 is 35.4 Å². The molecule has 0 heterocycles. The summed E-state index contributed by atoms with van der Waals surface area (Å²) in [6.45, 7) is 0. The number of carbonyl (C=O) groups is 2. The molecule has 33 heavy (non-hydrogen) atoms. The summed E-state index contributed by atoms with van der Waals surface area (Å²) in [4.78, 5) is 24.9. The van der Waals surface area contributed by atoms with Crippen LogP contribution in [0.5, 0.6) is 11.5 Å². The molecule has 3 N–H and O–H groups in total. The number of Topliss-reactive ketones (excluding diaryl/α,β-unsaturated/α-hetero) is 1. The first kappa shape index (κ1) is 21.6. The summed E-state index contributed by atoms with van der Waals surface area (Å²) in [5.41, 5.74) is 2.11. The van der Waals surface area contributed by atoms with Crippen LogP contribution in [0.3, 0.4) is 0 Å². The van der Waals surface area contributed by atoms with E-state index in [9.17, 15) is 24.9 Å². The highest BCUT2D eigenvalue weighted by Crippen LogP contribution is 2.40. The summed E-state index contributed by atoms with van der Waals surface area (Å²) >= 11 is 0. The van der Waals surface area contributed by atoms with Crippen LogP contribution in [-0.2, 0) is 9.59 Å². The third-order valence-corrected chi connectivity index (χ3v) is 5.14. The van der Waals surface area contributed by atoms with Gasteiger partial charge in [0.15, 0.2) is 0 Å². The van der Waals surface area contributed by atoms with Gasteiger partial charge < -0.3 is 15.3 Å². The number of ketones is 2. The highest BCUT2D eigenvalue weighted by Gasteiger charge is 2.30. The van der Waals surface area contributed by atoms with Crippen LogP contribution in [0.1, 0.15) is 22.3 Å². The maximum absolute atomic E-state index is 12.8. The summed E-state index contributed by atoms with van der Waals surface area (Å²) in [6, 6.07) is 21.1. The van der Waals surface area contributed by atoms with E-state index in [1.807, 2.05) is 60.7 Å². The average molecular weight is 436 g/mol. The molecule has 0 saturated carbocycles. The van der Waals surface area contributed by atoms with Crippen LogP contribution < -0.4 is 0 Å². The topological polar surface area (TPSA) is 94.8 Å². The molecule has 0 radical (unpaired) electrons. The molecule has 0 fully saturated rings. The molecule has 0 aromatic heterocycles. The minimum atomic E-state index is -0.858. The van der Waals surface area contributed by atoms with Gasteiger partial charge in [0.25, 0.3) is 0 Å². The van der Waals surface area contributed by atoms with Crippen LogP contribution in [0, 0.1) is 0 Å². The number of aliphatic hydroxyl groups excluding tert-OH is 1. The van der Waals surface area contributed by atoms with Crippen LogP contribution >= 0.6 is 0 Å². The number of hydrogen-bond donors (Lipinski definition) is 3. The Morgan fingerprint density at radius 2 is 1.24 bits per heavy atom. The predicted octanol–water partition coefficient (Wildman–Crippen LogP) is 5.33. The molecule has 0 atom stereocenters. The Bertz CT molecular complexity index is 1340. The normalized spacial score (nSPS) is 14.4. The van der Waals surface area contributed by atoms with E-state index < -0.39 is 17.3 Å². The molecule has 162 valence electrons. The fourth-order valence-electron chi connectivity index (χ4n) is 3.60. The number of phenolic OH excluding ortho intramolecular Hbond substituents is 2. The van der Waals surface area contributed by atoms with Crippen molar-refractivity contribution in [3.05, 3.63) is 119 Å². The van der Waals surface area contributed by atoms with E-state index in [2.05, 4.69) is 0 Å². The van der Waals surface area contributed by atoms with Crippen molar-refractivity contribution < 1.29 is 24.9 Å². The second-order valence-corrected chi connectivity index (χ2v) is 7.43. The summed E-state index contributed by atoms with van der Waals surface area (Å²) in [5.74, 6) is -2.63. The molecule has 0 saturated heterocycles. The van der Waals surface area contributed by atoms with E-state index in [0.29, 0.717) is 5.56 Å². The van der Waals surface area contributed by atoms with E-state index >= 15 is 0 Å². The molecular formula is C28H20O5. The van der Waals surface area contributed by atoms with Gasteiger partial charge in [0, 0.05) is 28.9 Å². The van der Waals surface area contributed by atoms with Crippen molar-refractivity contribution in [3.8, 4) is 11.5 Å². The van der Waals surface area contributed by atoms with Gasteiger partial charge in [-0.1, -0.05) is 78.9 Å². The monoisotopic (exact) mass is 436 g/mol. The fourth-order valence-corrected chi connectivity index (χ4v) is 3.60. The van der Waals surface area contributed by atoms with E-state index in [0.717, 1.165) is 23.3 Å². The third-order valence-electron chi connectivity index (χ3n) is 5.14. The number of aliphatic hydroxyl groups is 1. The van der Waals surface area contributed by atoms with Gasteiger partial charge >= 0.3 is 0 Å². The van der Waals surface area contributed by atoms with Crippen molar-refractivity contribution in [1.29, 1.82) is 0 Å². The van der Waals surface area contributed by atoms with Gasteiger partial charge in [0.1, 0.15) is 17.3 Å². The Labute approximate surface area is 190 Å². The number of aromatic hydroxyl groups is 2. The Balaban J connectivity index is 1.92. The van der Waals surface area contributed by atoms with Crippen molar-refractivity contribution in [2.24, 2.45) is 0 Å². The summed E-state index contributed by atoms with van der Waals surface area (Å²) in [7, 11) is 0. The Kier molecular flexibility index (Phi) is 6.04. The lowest BCUT2D eigenvalue weighted by atomic mass is 9.85. The second kappa shape index (κ2) is 9.24. The zero-order valence-corrected chi connectivity index (χ0v) is 17.5. The van der Waals surface area contributed by atoms with Gasteiger partial charge in [-0.2, -0.15) is 0 Å². The lowest BCUT2D eigenvalue weighted by molar-refractivity contribution is -0.131. The Morgan fingerprint density at radius 1 is 0.667 bits per heavy atom. The molecule has 1 aliphatic rings. The predicted molar refractivity (Wildman–Crippen MR) is 128 cm³/mol. The molecule has 0 spiro atoms. The van der Waals surface area contributed by atoms with Gasteiger partial charge in [-0.3, -0.25) is 9.59 Å². The lowest BCUT2D eigenvalue weighted by Crippen LogP contribution is -2.20. The zero-order chi connectivity index (χ0) is 23.4. The van der Waals surface area contributed by atoms with Crippen LogP contribution in [0.4, 0.5) is 0 Å². The second-order valence-electron chi connectivity index (χ2n) is 7.43. The van der Waals surface area contributed by atoms with E-state index in [1.54, 1.807) is 18.2 Å². The van der Waals surface area contributed by atoms with Crippen molar-refractivity contribution in [2.75, 3.05) is 0 Å². The summed E-state index contributed by atoms with van der Waals surface area (Å²) in [6.07, 6.45) is 7.37. The maximum atomic E-state index is 12.8. The SMILES string of the molecule is O=C1C=C(O)C(c2c(O)cc(O)cc2/C=C/c2ccccc2)=C(/C=C/c2ccccc2)C1=O. The Hall–Kier alpha value is -4.64. The average Bonchev–Trinajstić information content (AvgIpc) is 2.81. The molecular weight excluding hydrogens is 416 g/mol. The Morgan fingerprint density at radius 3 is 1.85 bits per heavy atom. The van der Waals surface area contributed by atoms with Gasteiger partial charge in [-0.15, -0.1) is 0 Å². The smallest absolute Gasteiger partial charge is 0.233 e. The molecule has 0 unspecified atom stereocenters.